The van der Waals surface area contributed by atoms with Crippen LogP contribution >= 0.6 is 11.8 Å². The molecular weight excluding hydrogens is 478 g/mol. The predicted octanol–water partition coefficient (Wildman–Crippen LogP) is 9.97. The summed E-state index contributed by atoms with van der Waals surface area (Å²) >= 11 is 2.02. The van der Waals surface area contributed by atoms with Gasteiger partial charge < -0.3 is 0 Å². The summed E-state index contributed by atoms with van der Waals surface area (Å²) in [5, 5.41) is 8.46. The van der Waals surface area contributed by atoms with Crippen LogP contribution in [0.25, 0.3) is 43.6 Å². The molecule has 1 nitrogen and oxygen atoms in total. The Morgan fingerprint density at radius 2 is 1.66 bits per heavy atom. The summed E-state index contributed by atoms with van der Waals surface area (Å²) in [4.78, 5) is 2.87. The minimum Gasteiger partial charge on any atom is -0.200 e. The van der Waals surface area contributed by atoms with E-state index >= 15 is 0 Å². The van der Waals surface area contributed by atoms with Gasteiger partial charge in [-0.05, 0) is 88.7 Å². The smallest absolute Gasteiger partial charge is 0.200 e. The van der Waals surface area contributed by atoms with Gasteiger partial charge in [0, 0.05) is 21.2 Å². The minimum atomic E-state index is 0.204. The van der Waals surface area contributed by atoms with Crippen LogP contribution in [0.15, 0.2) is 64.5 Å². The Morgan fingerprint density at radius 3 is 2.42 bits per heavy atom. The molecule has 7 rings (SSSR count). The number of pyridine rings is 1. The first-order chi connectivity index (χ1) is 18.2. The van der Waals surface area contributed by atoms with Gasteiger partial charge in [0.15, 0.2) is 6.20 Å². The molecule has 0 atom stereocenters. The van der Waals surface area contributed by atoms with Gasteiger partial charge >= 0.3 is 0 Å². The minimum absolute atomic E-state index is 0.204. The van der Waals surface area contributed by atoms with E-state index in [-0.39, 0.29) is 5.41 Å². The van der Waals surface area contributed by atoms with E-state index in [4.69, 9.17) is 0 Å². The zero-order valence-electron chi connectivity index (χ0n) is 23.7. The van der Waals surface area contributed by atoms with Crippen LogP contribution in [-0.4, -0.2) is 0 Å². The second-order valence-corrected chi connectivity index (χ2v) is 14.1. The van der Waals surface area contributed by atoms with Crippen molar-refractivity contribution in [2.24, 2.45) is 12.5 Å². The van der Waals surface area contributed by atoms with Gasteiger partial charge in [0.05, 0.1) is 10.9 Å². The summed E-state index contributed by atoms with van der Waals surface area (Å²) in [6, 6.07) is 19.2. The second-order valence-electron chi connectivity index (χ2n) is 13.1. The Labute approximate surface area is 231 Å². The maximum atomic E-state index is 2.52. The van der Waals surface area contributed by atoms with Crippen molar-refractivity contribution in [2.75, 3.05) is 0 Å². The third-order valence-electron chi connectivity index (χ3n) is 8.99. The lowest BCUT2D eigenvalue weighted by Gasteiger charge is -2.28. The van der Waals surface area contributed by atoms with Crippen LogP contribution in [0.4, 0.5) is 0 Å². The van der Waals surface area contributed by atoms with Crippen molar-refractivity contribution in [3.05, 3.63) is 77.0 Å². The van der Waals surface area contributed by atoms with E-state index in [0.717, 1.165) is 12.3 Å². The molecule has 0 bridgehead atoms. The van der Waals surface area contributed by atoms with Crippen LogP contribution in [0.3, 0.4) is 0 Å². The van der Waals surface area contributed by atoms with Crippen molar-refractivity contribution in [2.45, 2.75) is 82.4 Å². The van der Waals surface area contributed by atoms with E-state index in [1.807, 2.05) is 11.8 Å². The standard InChI is InChI=1S/C36H38NS/c1-21-11-14-26-28(17-21)22(2)32-34-33-27(15-16-37(34)6)29-18-24(23-9-7-8-10-23)12-13-25(29)19-31(33)38-35(32)30(26)20-36(3,4)5/h11-19,23H,7-10,20H2,1-6H3/q+1. The molecule has 0 radical (unpaired) electrons. The molecule has 0 saturated heterocycles. The lowest BCUT2D eigenvalue weighted by Crippen LogP contribution is -2.32. The van der Waals surface area contributed by atoms with Crippen LogP contribution in [0.2, 0.25) is 0 Å². The first-order valence-electron chi connectivity index (χ1n) is 14.3. The fourth-order valence-electron chi connectivity index (χ4n) is 7.19. The molecule has 1 saturated carbocycles. The molecule has 1 aromatic heterocycles. The molecule has 5 aromatic rings. The quantitative estimate of drug-likeness (QED) is 0.164. The molecular formula is C36H38NS+. The number of fused-ring (bicyclic) bond motifs is 5. The lowest BCUT2D eigenvalue weighted by molar-refractivity contribution is -0.659. The van der Waals surface area contributed by atoms with Gasteiger partial charge in [0.2, 0.25) is 5.69 Å². The maximum Gasteiger partial charge on any atom is 0.222 e. The van der Waals surface area contributed by atoms with E-state index in [0.29, 0.717) is 0 Å². The molecule has 4 aromatic carbocycles. The van der Waals surface area contributed by atoms with Crippen molar-refractivity contribution in [3.63, 3.8) is 0 Å². The second kappa shape index (κ2) is 8.58. The molecule has 1 fully saturated rings. The molecule has 1 aliphatic heterocycles. The van der Waals surface area contributed by atoms with Crippen LogP contribution in [0, 0.1) is 19.3 Å². The number of aromatic nitrogens is 1. The summed E-state index contributed by atoms with van der Waals surface area (Å²) < 4.78 is 2.38. The van der Waals surface area contributed by atoms with E-state index < -0.39 is 0 Å². The molecule has 2 heterocycles. The molecule has 0 unspecified atom stereocenters. The summed E-state index contributed by atoms with van der Waals surface area (Å²) in [6.07, 6.45) is 8.79. The number of hydrogen-bond acceptors (Lipinski definition) is 1. The Hall–Kier alpha value is -2.84. The first kappa shape index (κ1) is 24.2. The maximum absolute atomic E-state index is 2.52. The highest BCUT2D eigenvalue weighted by atomic mass is 32.2. The van der Waals surface area contributed by atoms with Gasteiger partial charge in [-0.1, -0.05) is 87.3 Å². The van der Waals surface area contributed by atoms with Gasteiger partial charge in [-0.25, -0.2) is 4.57 Å². The fourth-order valence-corrected chi connectivity index (χ4v) is 8.56. The molecule has 2 aliphatic rings. The molecule has 0 amide bonds. The average molecular weight is 517 g/mol. The van der Waals surface area contributed by atoms with Crippen molar-refractivity contribution in [1.29, 1.82) is 0 Å². The van der Waals surface area contributed by atoms with Crippen molar-refractivity contribution < 1.29 is 4.57 Å². The average Bonchev–Trinajstić information content (AvgIpc) is 3.42. The van der Waals surface area contributed by atoms with Gasteiger partial charge in [-0.3, -0.25) is 0 Å². The van der Waals surface area contributed by atoms with Crippen LogP contribution in [0.1, 0.15) is 74.6 Å². The van der Waals surface area contributed by atoms with Gasteiger partial charge in [0.1, 0.15) is 7.05 Å². The van der Waals surface area contributed by atoms with Crippen LogP contribution < -0.4 is 4.57 Å². The zero-order chi connectivity index (χ0) is 26.3. The third kappa shape index (κ3) is 3.71. The summed E-state index contributed by atoms with van der Waals surface area (Å²) in [6.45, 7) is 11.7. The van der Waals surface area contributed by atoms with E-state index in [1.165, 1.54) is 101 Å². The highest BCUT2D eigenvalue weighted by molar-refractivity contribution is 8.00. The van der Waals surface area contributed by atoms with Crippen LogP contribution in [0.5, 0.6) is 0 Å². The number of benzene rings is 4. The van der Waals surface area contributed by atoms with E-state index in [9.17, 15) is 0 Å². The molecule has 2 heteroatoms. The SMILES string of the molecule is Cc1ccc2c(CC(C)(C)C)c3c(c(C)c2c1)-c1c2c(cc4ccc(C5CCCC5)cc4c2cc[n+]1C)S3. The molecule has 0 N–H and O–H groups in total. The predicted molar refractivity (Wildman–Crippen MR) is 164 cm³/mol. The summed E-state index contributed by atoms with van der Waals surface area (Å²) in [5.74, 6) is 0.730. The largest absolute Gasteiger partial charge is 0.222 e. The number of hydrogen-bond donors (Lipinski definition) is 0. The van der Waals surface area contributed by atoms with Crippen molar-refractivity contribution >= 4 is 44.1 Å². The summed E-state index contributed by atoms with van der Waals surface area (Å²) in [7, 11) is 2.24. The Balaban J connectivity index is 1.58. The highest BCUT2D eigenvalue weighted by Gasteiger charge is 2.33. The first-order valence-corrected chi connectivity index (χ1v) is 15.1. The van der Waals surface area contributed by atoms with Gasteiger partial charge in [-0.15, -0.1) is 0 Å². The number of nitrogens with zero attached hydrogens (tertiary/aromatic N) is 1. The van der Waals surface area contributed by atoms with E-state index in [1.54, 1.807) is 0 Å². The lowest BCUT2D eigenvalue weighted by atomic mass is 9.82. The molecule has 38 heavy (non-hydrogen) atoms. The molecule has 1 aliphatic carbocycles. The highest BCUT2D eigenvalue weighted by Crippen LogP contribution is 2.53. The Morgan fingerprint density at radius 1 is 0.868 bits per heavy atom. The van der Waals surface area contributed by atoms with Crippen molar-refractivity contribution in [1.82, 2.24) is 0 Å². The number of aryl methyl sites for hydroxylation is 3. The van der Waals surface area contributed by atoms with Gasteiger partial charge in [0.25, 0.3) is 0 Å². The van der Waals surface area contributed by atoms with Gasteiger partial charge in [-0.2, -0.15) is 0 Å². The number of rotatable bonds is 2. The topological polar surface area (TPSA) is 3.88 Å². The monoisotopic (exact) mass is 516 g/mol. The Kier molecular flexibility index (Phi) is 5.47. The molecule has 192 valence electrons. The Bertz CT molecular complexity index is 1780. The van der Waals surface area contributed by atoms with Crippen molar-refractivity contribution in [3.8, 4) is 11.3 Å². The third-order valence-corrected chi connectivity index (χ3v) is 10.2. The van der Waals surface area contributed by atoms with E-state index in [2.05, 4.69) is 101 Å². The molecule has 0 spiro atoms. The summed E-state index contributed by atoms with van der Waals surface area (Å²) in [5.41, 5.74) is 8.83. The fraction of sp³-hybridized carbons (Fsp3) is 0.361. The zero-order valence-corrected chi connectivity index (χ0v) is 24.5. The normalized spacial score (nSPS) is 15.6. The van der Waals surface area contributed by atoms with Crippen LogP contribution in [-0.2, 0) is 13.5 Å².